The minimum absolute atomic E-state index is 0.157. The number of piperidine rings is 1. The van der Waals surface area contributed by atoms with Gasteiger partial charge in [0.15, 0.2) is 0 Å². The third-order valence-corrected chi connectivity index (χ3v) is 4.78. The van der Waals surface area contributed by atoms with E-state index >= 15 is 0 Å². The minimum Gasteiger partial charge on any atom is -0.451 e. The zero-order valence-corrected chi connectivity index (χ0v) is 11.7. The Balaban J connectivity index is 1.72. The number of morpholine rings is 1. The minimum atomic E-state index is -0.669. The smallest absolute Gasteiger partial charge is 0.331 e. The van der Waals surface area contributed by atoms with Crippen LogP contribution in [0.3, 0.4) is 0 Å². The summed E-state index contributed by atoms with van der Waals surface area (Å²) in [5.74, 6) is -0.157. The average Bonchev–Trinajstić information content (AvgIpc) is 2.57. The summed E-state index contributed by atoms with van der Waals surface area (Å²) in [6, 6.07) is 19.9. The first-order valence-electron chi connectivity index (χ1n) is 7.35. The van der Waals surface area contributed by atoms with E-state index in [1.807, 2.05) is 60.7 Å². The number of nitrogens with one attached hydrogen (secondary N) is 1. The van der Waals surface area contributed by atoms with Gasteiger partial charge in [0.05, 0.1) is 0 Å². The molecular weight excluding hydrogens is 262 g/mol. The zero-order chi connectivity index (χ0) is 14.3. The Hall–Kier alpha value is -2.13. The SMILES string of the molecule is O=C1OC2(c3ccccc3)CCC1(c1ccccc1)NC2. The van der Waals surface area contributed by atoms with Crippen molar-refractivity contribution in [3.63, 3.8) is 0 Å². The van der Waals surface area contributed by atoms with Gasteiger partial charge in [0.1, 0.15) is 11.1 Å². The zero-order valence-electron chi connectivity index (χ0n) is 11.7. The molecule has 106 valence electrons. The van der Waals surface area contributed by atoms with Crippen molar-refractivity contribution in [1.29, 1.82) is 0 Å². The quantitative estimate of drug-likeness (QED) is 0.859. The van der Waals surface area contributed by atoms with E-state index < -0.39 is 11.1 Å². The van der Waals surface area contributed by atoms with E-state index in [4.69, 9.17) is 4.74 Å². The van der Waals surface area contributed by atoms with E-state index in [1.54, 1.807) is 0 Å². The third-order valence-electron chi connectivity index (χ3n) is 4.78. The molecule has 2 aromatic carbocycles. The highest BCUT2D eigenvalue weighted by Gasteiger charge is 2.57. The number of hydrogen-bond acceptors (Lipinski definition) is 3. The Labute approximate surface area is 123 Å². The van der Waals surface area contributed by atoms with Crippen LogP contribution in [0.2, 0.25) is 0 Å². The first-order valence-corrected chi connectivity index (χ1v) is 7.35. The van der Waals surface area contributed by atoms with Gasteiger partial charge in [-0.15, -0.1) is 0 Å². The van der Waals surface area contributed by atoms with Crippen LogP contribution < -0.4 is 5.32 Å². The van der Waals surface area contributed by atoms with E-state index in [2.05, 4.69) is 5.32 Å². The Kier molecular flexibility index (Phi) is 2.66. The predicted molar refractivity (Wildman–Crippen MR) is 79.6 cm³/mol. The lowest BCUT2D eigenvalue weighted by atomic mass is 9.72. The van der Waals surface area contributed by atoms with Gasteiger partial charge in [0, 0.05) is 6.54 Å². The van der Waals surface area contributed by atoms with Crippen molar-refractivity contribution in [2.75, 3.05) is 6.54 Å². The van der Waals surface area contributed by atoms with Crippen molar-refractivity contribution in [2.24, 2.45) is 0 Å². The third kappa shape index (κ3) is 1.74. The molecule has 0 aliphatic carbocycles. The summed E-state index contributed by atoms with van der Waals surface area (Å²) in [7, 11) is 0. The van der Waals surface area contributed by atoms with Crippen molar-refractivity contribution in [1.82, 2.24) is 5.32 Å². The average molecular weight is 279 g/mol. The molecule has 2 aromatic rings. The van der Waals surface area contributed by atoms with Crippen molar-refractivity contribution in [3.8, 4) is 0 Å². The summed E-state index contributed by atoms with van der Waals surface area (Å²) in [6.45, 7) is 0.664. The standard InChI is InChI=1S/C18H17NO2/c20-16-18(15-9-5-2-6-10-15)12-11-17(21-16,13-19-18)14-7-3-1-4-8-14/h1-10,19H,11-13H2. The Morgan fingerprint density at radius 1 is 0.857 bits per heavy atom. The van der Waals surface area contributed by atoms with E-state index in [-0.39, 0.29) is 5.97 Å². The van der Waals surface area contributed by atoms with E-state index in [9.17, 15) is 4.79 Å². The molecular formula is C18H17NO2. The monoisotopic (exact) mass is 279 g/mol. The summed E-state index contributed by atoms with van der Waals surface area (Å²) in [6.07, 6.45) is 1.62. The van der Waals surface area contributed by atoms with Gasteiger partial charge in [0.2, 0.25) is 0 Å². The Bertz CT molecular complexity index is 658. The van der Waals surface area contributed by atoms with Crippen LogP contribution in [-0.4, -0.2) is 12.5 Å². The molecule has 3 aliphatic heterocycles. The number of fused-ring (bicyclic) bond motifs is 3. The van der Waals surface area contributed by atoms with E-state index in [1.165, 1.54) is 0 Å². The fourth-order valence-corrected chi connectivity index (χ4v) is 3.52. The van der Waals surface area contributed by atoms with Crippen molar-refractivity contribution in [2.45, 2.75) is 24.0 Å². The highest BCUT2D eigenvalue weighted by Crippen LogP contribution is 2.47. The van der Waals surface area contributed by atoms with E-state index in [0.29, 0.717) is 6.54 Å². The first-order chi connectivity index (χ1) is 10.3. The predicted octanol–water partition coefficient (Wildman–Crippen LogP) is 2.72. The van der Waals surface area contributed by atoms with Crippen LogP contribution in [0.1, 0.15) is 24.0 Å². The van der Waals surface area contributed by atoms with Gasteiger partial charge in [-0.1, -0.05) is 60.7 Å². The summed E-state index contributed by atoms with van der Waals surface area (Å²) in [5, 5.41) is 3.46. The number of hydrogen-bond donors (Lipinski definition) is 1. The second kappa shape index (κ2) is 4.43. The molecule has 1 N–H and O–H groups in total. The molecule has 21 heavy (non-hydrogen) atoms. The molecule has 3 heterocycles. The first kappa shape index (κ1) is 12.6. The van der Waals surface area contributed by atoms with Gasteiger partial charge in [0.25, 0.3) is 0 Å². The molecule has 0 saturated carbocycles. The largest absolute Gasteiger partial charge is 0.451 e. The second-order valence-electron chi connectivity index (χ2n) is 5.87. The van der Waals surface area contributed by atoms with Gasteiger partial charge in [-0.25, -0.2) is 4.79 Å². The van der Waals surface area contributed by atoms with Gasteiger partial charge in [-0.2, -0.15) is 0 Å². The van der Waals surface area contributed by atoms with Gasteiger partial charge < -0.3 is 4.74 Å². The highest BCUT2D eigenvalue weighted by molar-refractivity contribution is 5.85. The van der Waals surface area contributed by atoms with Crippen LogP contribution >= 0.6 is 0 Å². The fourth-order valence-electron chi connectivity index (χ4n) is 3.52. The molecule has 3 heteroatoms. The van der Waals surface area contributed by atoms with Gasteiger partial charge in [-0.3, -0.25) is 5.32 Å². The molecule has 2 atom stereocenters. The summed E-state index contributed by atoms with van der Waals surface area (Å²) in [4.78, 5) is 12.7. The highest BCUT2D eigenvalue weighted by atomic mass is 16.6. The Morgan fingerprint density at radius 3 is 2.00 bits per heavy atom. The summed E-state index contributed by atoms with van der Waals surface area (Å²) >= 11 is 0. The van der Waals surface area contributed by atoms with Crippen LogP contribution in [-0.2, 0) is 20.7 Å². The summed E-state index contributed by atoms with van der Waals surface area (Å²) in [5.41, 5.74) is 0.899. The van der Waals surface area contributed by atoms with Crippen molar-refractivity contribution >= 4 is 5.97 Å². The normalized spacial score (nSPS) is 31.0. The molecule has 0 amide bonds. The van der Waals surface area contributed by atoms with Crippen LogP contribution in [0.15, 0.2) is 60.7 Å². The summed E-state index contributed by atoms with van der Waals surface area (Å²) < 4.78 is 5.92. The molecule has 0 radical (unpaired) electrons. The molecule has 2 bridgehead atoms. The van der Waals surface area contributed by atoms with Crippen LogP contribution in [0.5, 0.6) is 0 Å². The number of rotatable bonds is 2. The lowest BCUT2D eigenvalue weighted by Crippen LogP contribution is -2.66. The number of benzene rings is 2. The number of esters is 1. The van der Waals surface area contributed by atoms with Gasteiger partial charge >= 0.3 is 5.97 Å². The second-order valence-corrected chi connectivity index (χ2v) is 5.87. The maximum absolute atomic E-state index is 12.7. The van der Waals surface area contributed by atoms with E-state index in [0.717, 1.165) is 24.0 Å². The molecule has 0 spiro atoms. The topological polar surface area (TPSA) is 38.3 Å². The van der Waals surface area contributed by atoms with Crippen LogP contribution in [0.25, 0.3) is 0 Å². The molecule has 3 nitrogen and oxygen atoms in total. The van der Waals surface area contributed by atoms with Gasteiger partial charge in [-0.05, 0) is 24.0 Å². The molecule has 5 rings (SSSR count). The number of carbonyl (C=O) groups is 1. The molecule has 3 fully saturated rings. The molecule has 3 saturated heterocycles. The Morgan fingerprint density at radius 2 is 1.48 bits per heavy atom. The number of ether oxygens (including phenoxy) is 1. The lowest BCUT2D eigenvalue weighted by molar-refractivity contribution is -0.196. The number of carbonyl (C=O) groups excluding carboxylic acids is 1. The molecule has 3 aliphatic rings. The molecule has 0 aromatic heterocycles. The molecule has 2 unspecified atom stereocenters. The lowest BCUT2D eigenvalue weighted by Gasteiger charge is -2.52. The van der Waals surface area contributed by atoms with Crippen molar-refractivity contribution < 1.29 is 9.53 Å². The van der Waals surface area contributed by atoms with Crippen molar-refractivity contribution in [3.05, 3.63) is 71.8 Å². The maximum Gasteiger partial charge on any atom is 0.331 e. The maximum atomic E-state index is 12.7. The van der Waals surface area contributed by atoms with Crippen LogP contribution in [0.4, 0.5) is 0 Å². The fraction of sp³-hybridized carbons (Fsp3) is 0.278. The van der Waals surface area contributed by atoms with Crippen LogP contribution in [0, 0.1) is 0 Å².